The van der Waals surface area contributed by atoms with E-state index >= 15 is 0 Å². The molecule has 1 atom stereocenters. The van der Waals surface area contributed by atoms with E-state index in [2.05, 4.69) is 40.2 Å². The first kappa shape index (κ1) is 13.2. The second kappa shape index (κ2) is 5.66. The Kier molecular flexibility index (Phi) is 3.92. The van der Waals surface area contributed by atoms with Crippen LogP contribution in [0.5, 0.6) is 0 Å². The van der Waals surface area contributed by atoms with Gasteiger partial charge in [0, 0.05) is 9.85 Å². The molecule has 0 N–H and O–H groups in total. The van der Waals surface area contributed by atoms with E-state index in [-0.39, 0.29) is 4.83 Å². The fourth-order valence-corrected chi connectivity index (χ4v) is 3.21. The van der Waals surface area contributed by atoms with E-state index in [0.29, 0.717) is 0 Å². The van der Waals surface area contributed by atoms with E-state index < -0.39 is 0 Å². The Hall–Kier alpha value is -0.830. The minimum Gasteiger partial charge on any atom is -0.372 e. The monoisotopic (exact) mass is 336 g/mol. The third-order valence-corrected chi connectivity index (χ3v) is 4.69. The Bertz CT molecular complexity index is 597. The van der Waals surface area contributed by atoms with Crippen LogP contribution in [0.3, 0.4) is 0 Å². The zero-order valence-electron chi connectivity index (χ0n) is 10.4. The molecule has 0 amide bonds. The van der Waals surface area contributed by atoms with Crippen LogP contribution in [0.4, 0.5) is 0 Å². The van der Waals surface area contributed by atoms with E-state index in [1.54, 1.807) is 0 Å². The van der Waals surface area contributed by atoms with Crippen molar-refractivity contribution in [3.63, 3.8) is 0 Å². The number of benzene rings is 2. The largest absolute Gasteiger partial charge is 0.372 e. The first-order valence-electron chi connectivity index (χ1n) is 6.31. The minimum atomic E-state index is 0.276. The van der Waals surface area contributed by atoms with Gasteiger partial charge in [-0.1, -0.05) is 63.9 Å². The molecule has 0 fully saturated rings. The summed E-state index contributed by atoms with van der Waals surface area (Å²) in [6.45, 7) is 1.47. The van der Waals surface area contributed by atoms with Crippen LogP contribution in [0, 0.1) is 0 Å². The van der Waals surface area contributed by atoms with Gasteiger partial charge in [0.2, 0.25) is 0 Å². The fourth-order valence-electron chi connectivity index (χ4n) is 2.36. The summed E-state index contributed by atoms with van der Waals surface area (Å²) < 4.78 is 5.45. The van der Waals surface area contributed by atoms with E-state index in [1.165, 1.54) is 22.3 Å². The zero-order valence-corrected chi connectivity index (χ0v) is 12.7. The summed E-state index contributed by atoms with van der Waals surface area (Å²) >= 11 is 9.97. The Balaban J connectivity index is 1.81. The van der Waals surface area contributed by atoms with Gasteiger partial charge in [0.15, 0.2) is 0 Å². The van der Waals surface area contributed by atoms with Crippen molar-refractivity contribution < 1.29 is 4.74 Å². The number of ether oxygens (including phenoxy) is 1. The van der Waals surface area contributed by atoms with Crippen LogP contribution >= 0.6 is 27.5 Å². The van der Waals surface area contributed by atoms with Gasteiger partial charge in [-0.3, -0.25) is 0 Å². The first-order chi connectivity index (χ1) is 9.24. The van der Waals surface area contributed by atoms with Crippen LogP contribution in [-0.2, 0) is 24.4 Å². The van der Waals surface area contributed by atoms with Gasteiger partial charge in [-0.15, -0.1) is 0 Å². The topological polar surface area (TPSA) is 9.23 Å². The van der Waals surface area contributed by atoms with Gasteiger partial charge >= 0.3 is 0 Å². The van der Waals surface area contributed by atoms with E-state index in [0.717, 1.165) is 24.7 Å². The second-order valence-corrected chi connectivity index (χ2v) is 6.30. The van der Waals surface area contributed by atoms with E-state index in [9.17, 15) is 0 Å². The Morgan fingerprint density at radius 2 is 1.89 bits per heavy atom. The highest BCUT2D eigenvalue weighted by atomic mass is 79.9. The summed E-state index contributed by atoms with van der Waals surface area (Å²) in [5, 5.41) is 0.830. The minimum absolute atomic E-state index is 0.276. The predicted octanol–water partition coefficient (Wildman–Crippen LogP) is 5.05. The van der Waals surface area contributed by atoms with Crippen LogP contribution in [0.1, 0.15) is 27.1 Å². The molecule has 2 aromatic carbocycles. The number of alkyl halides is 1. The maximum Gasteiger partial charge on any atom is 0.0725 e. The molecule has 1 aliphatic rings. The van der Waals surface area contributed by atoms with Crippen molar-refractivity contribution in [2.24, 2.45) is 0 Å². The van der Waals surface area contributed by atoms with Gasteiger partial charge in [0.05, 0.1) is 13.2 Å². The van der Waals surface area contributed by atoms with Gasteiger partial charge in [-0.05, 0) is 34.7 Å². The summed E-state index contributed by atoms with van der Waals surface area (Å²) in [6.07, 6.45) is 0.888. The van der Waals surface area contributed by atoms with Crippen LogP contribution in [0.25, 0.3) is 0 Å². The summed E-state index contributed by atoms with van der Waals surface area (Å²) in [6, 6.07) is 14.6. The van der Waals surface area contributed by atoms with Crippen molar-refractivity contribution in [3.8, 4) is 0 Å². The summed E-state index contributed by atoms with van der Waals surface area (Å²) in [5.41, 5.74) is 5.06. The van der Waals surface area contributed by atoms with Crippen molar-refractivity contribution in [2.75, 3.05) is 0 Å². The van der Waals surface area contributed by atoms with Crippen molar-refractivity contribution in [2.45, 2.75) is 24.5 Å². The molecule has 0 radical (unpaired) electrons. The van der Waals surface area contributed by atoms with Crippen LogP contribution in [-0.4, -0.2) is 0 Å². The lowest BCUT2D eigenvalue weighted by atomic mass is 10.0. The molecule has 3 rings (SSSR count). The molecule has 1 unspecified atom stereocenters. The molecule has 1 nitrogen and oxygen atoms in total. The predicted molar refractivity (Wildman–Crippen MR) is 81.8 cm³/mol. The fraction of sp³-hybridized carbons (Fsp3) is 0.250. The average Bonchev–Trinajstić information content (AvgIpc) is 2.88. The third-order valence-electron chi connectivity index (χ3n) is 3.46. The maximum absolute atomic E-state index is 6.21. The molecule has 0 aromatic heterocycles. The number of hydrogen-bond donors (Lipinski definition) is 0. The van der Waals surface area contributed by atoms with Crippen molar-refractivity contribution >= 4 is 27.5 Å². The number of hydrogen-bond acceptors (Lipinski definition) is 1. The molecule has 1 heterocycles. The second-order valence-electron chi connectivity index (χ2n) is 4.78. The SMILES string of the molecule is Clc1ccccc1CC(Br)c1ccc2c(c1)COC2. The van der Waals surface area contributed by atoms with Crippen LogP contribution < -0.4 is 0 Å². The molecule has 1 aliphatic heterocycles. The maximum atomic E-state index is 6.21. The molecule has 3 heteroatoms. The average molecular weight is 338 g/mol. The molecule has 0 saturated carbocycles. The molecule has 0 spiro atoms. The normalized spacial score (nSPS) is 15.3. The lowest BCUT2D eigenvalue weighted by Crippen LogP contribution is -1.97. The third kappa shape index (κ3) is 2.86. The quantitative estimate of drug-likeness (QED) is 0.712. The Morgan fingerprint density at radius 1 is 1.11 bits per heavy atom. The molecule has 0 aliphatic carbocycles. The Labute approximate surface area is 126 Å². The lowest BCUT2D eigenvalue weighted by molar-refractivity contribution is 0.134. The van der Waals surface area contributed by atoms with Crippen molar-refractivity contribution in [1.82, 2.24) is 0 Å². The van der Waals surface area contributed by atoms with Gasteiger partial charge in [-0.2, -0.15) is 0 Å². The van der Waals surface area contributed by atoms with Gasteiger partial charge in [-0.25, -0.2) is 0 Å². The molecular weight excluding hydrogens is 324 g/mol. The zero-order chi connectivity index (χ0) is 13.2. The highest BCUT2D eigenvalue weighted by Gasteiger charge is 2.15. The molecule has 0 bridgehead atoms. The lowest BCUT2D eigenvalue weighted by Gasteiger charge is -2.12. The van der Waals surface area contributed by atoms with Gasteiger partial charge in [0.25, 0.3) is 0 Å². The standard InChI is InChI=1S/C16H14BrClO/c17-15(8-12-3-1-2-4-16(12)18)11-5-6-13-9-19-10-14(13)7-11/h1-7,15H,8-10H2. The molecule has 98 valence electrons. The van der Waals surface area contributed by atoms with Crippen LogP contribution in [0.2, 0.25) is 5.02 Å². The molecule has 19 heavy (non-hydrogen) atoms. The van der Waals surface area contributed by atoms with E-state index in [1.807, 2.05) is 18.2 Å². The number of halogens is 2. The highest BCUT2D eigenvalue weighted by molar-refractivity contribution is 9.09. The van der Waals surface area contributed by atoms with Crippen LogP contribution in [0.15, 0.2) is 42.5 Å². The summed E-state index contributed by atoms with van der Waals surface area (Å²) in [7, 11) is 0. The smallest absolute Gasteiger partial charge is 0.0725 e. The van der Waals surface area contributed by atoms with Crippen molar-refractivity contribution in [1.29, 1.82) is 0 Å². The molecular formula is C16H14BrClO. The van der Waals surface area contributed by atoms with Gasteiger partial charge < -0.3 is 4.74 Å². The highest BCUT2D eigenvalue weighted by Crippen LogP contribution is 2.32. The molecule has 2 aromatic rings. The van der Waals surface area contributed by atoms with Gasteiger partial charge in [0.1, 0.15) is 0 Å². The molecule has 0 saturated heterocycles. The summed E-state index contributed by atoms with van der Waals surface area (Å²) in [4.78, 5) is 0.276. The van der Waals surface area contributed by atoms with Crippen molar-refractivity contribution in [3.05, 3.63) is 69.7 Å². The number of fused-ring (bicyclic) bond motifs is 1. The van der Waals surface area contributed by atoms with E-state index in [4.69, 9.17) is 16.3 Å². The first-order valence-corrected chi connectivity index (χ1v) is 7.60. The Morgan fingerprint density at radius 3 is 2.74 bits per heavy atom. The summed E-state index contributed by atoms with van der Waals surface area (Å²) in [5.74, 6) is 0. The number of rotatable bonds is 3.